The van der Waals surface area contributed by atoms with E-state index in [2.05, 4.69) is 10.6 Å². The molecule has 0 aromatic carbocycles. The Kier molecular flexibility index (Phi) is 4.88. The molecule has 0 bridgehead atoms. The molecule has 1 fully saturated rings. The molecule has 4 N–H and O–H groups in total. The number of rotatable bonds is 4. The van der Waals surface area contributed by atoms with Gasteiger partial charge in [-0.15, -0.1) is 4.91 Å². The van der Waals surface area contributed by atoms with E-state index >= 15 is 0 Å². The molecule has 4 atom stereocenters. The Morgan fingerprint density at radius 3 is 2.83 bits per heavy atom. The van der Waals surface area contributed by atoms with Gasteiger partial charge in [0.15, 0.2) is 6.23 Å². The van der Waals surface area contributed by atoms with Crippen LogP contribution in [0.4, 0.5) is 4.79 Å². The highest BCUT2D eigenvalue weighted by Crippen LogP contribution is 2.28. The average Bonchev–Trinajstić information content (AvgIpc) is 2.83. The summed E-state index contributed by atoms with van der Waals surface area (Å²) in [6.45, 7) is -0.561. The number of H-pyrrole nitrogens is 1. The topological polar surface area (TPSA) is 166 Å². The summed E-state index contributed by atoms with van der Waals surface area (Å²) in [5.41, 5.74) is -1.45. The van der Waals surface area contributed by atoms with Gasteiger partial charge in [-0.25, -0.2) is 9.59 Å². The largest absolute Gasteiger partial charge is 0.394 e. The van der Waals surface area contributed by atoms with Gasteiger partial charge >= 0.3 is 11.7 Å². The molecule has 1 aliphatic rings. The van der Waals surface area contributed by atoms with Gasteiger partial charge in [-0.3, -0.25) is 14.3 Å². The lowest BCUT2D eigenvalue weighted by molar-refractivity contribution is -0.0532. The molecule has 0 radical (unpaired) electrons. The zero-order valence-electron chi connectivity index (χ0n) is 11.9. The SMILES string of the molecule is CN(N=O)C(=O)N[C@H]1[C@@H](O)[C@H](n2ccc(=O)[nH]c2=O)O[C@@H]1CO. The summed E-state index contributed by atoms with van der Waals surface area (Å²) in [6, 6.07) is -0.956. The third-order valence-corrected chi connectivity index (χ3v) is 3.39. The second-order valence-electron chi connectivity index (χ2n) is 4.84. The van der Waals surface area contributed by atoms with Crippen molar-refractivity contribution in [1.29, 1.82) is 0 Å². The predicted molar refractivity (Wildman–Crippen MR) is 74.2 cm³/mol. The maximum absolute atomic E-state index is 11.8. The van der Waals surface area contributed by atoms with E-state index in [4.69, 9.17) is 4.74 Å². The van der Waals surface area contributed by atoms with E-state index in [-0.39, 0.29) is 0 Å². The molecule has 23 heavy (non-hydrogen) atoms. The average molecular weight is 329 g/mol. The lowest BCUT2D eigenvalue weighted by Crippen LogP contribution is -2.51. The molecular weight excluding hydrogens is 314 g/mol. The van der Waals surface area contributed by atoms with E-state index < -0.39 is 48.4 Å². The lowest BCUT2D eigenvalue weighted by Gasteiger charge is -2.21. The third kappa shape index (κ3) is 3.28. The Morgan fingerprint density at radius 1 is 1.57 bits per heavy atom. The number of aliphatic hydroxyl groups is 2. The highest BCUT2D eigenvalue weighted by Gasteiger charge is 2.45. The second-order valence-corrected chi connectivity index (χ2v) is 4.84. The molecule has 0 unspecified atom stereocenters. The fourth-order valence-electron chi connectivity index (χ4n) is 2.21. The molecule has 1 aliphatic heterocycles. The summed E-state index contributed by atoms with van der Waals surface area (Å²) in [4.78, 5) is 46.8. The van der Waals surface area contributed by atoms with Gasteiger partial charge in [0.2, 0.25) is 0 Å². The fraction of sp³-hybridized carbons (Fsp3) is 0.545. The summed E-state index contributed by atoms with van der Waals surface area (Å²) in [7, 11) is 1.10. The van der Waals surface area contributed by atoms with Crippen molar-refractivity contribution in [3.05, 3.63) is 38.0 Å². The predicted octanol–water partition coefficient (Wildman–Crippen LogP) is -2.52. The van der Waals surface area contributed by atoms with Crippen molar-refractivity contribution in [2.45, 2.75) is 24.5 Å². The van der Waals surface area contributed by atoms with Crippen molar-refractivity contribution < 1.29 is 19.7 Å². The van der Waals surface area contributed by atoms with Crippen LogP contribution in [0.5, 0.6) is 0 Å². The van der Waals surface area contributed by atoms with Gasteiger partial charge < -0.3 is 20.3 Å². The standard InChI is InChI=1S/C11H15N5O7/c1-15(14-22)10(20)13-7-5(4-17)23-9(8(7)19)16-3-2-6(18)12-11(16)21/h2-3,5,7-9,17,19H,4H2,1H3,(H,13,20)(H,12,18,21)/t5-,7-,8-,9-/m1/s1. The number of nitroso groups, excluding NO2 is 1. The van der Waals surface area contributed by atoms with Crippen LogP contribution in [0.2, 0.25) is 0 Å². The molecule has 0 aliphatic carbocycles. The van der Waals surface area contributed by atoms with Gasteiger partial charge in [-0.05, 0) is 0 Å². The molecule has 12 nitrogen and oxygen atoms in total. The van der Waals surface area contributed by atoms with Crippen LogP contribution in [0.25, 0.3) is 0 Å². The number of aromatic amines is 1. The summed E-state index contributed by atoms with van der Waals surface area (Å²) >= 11 is 0. The first-order valence-electron chi connectivity index (χ1n) is 6.52. The number of aliphatic hydroxyl groups excluding tert-OH is 2. The van der Waals surface area contributed by atoms with E-state index in [1.807, 2.05) is 4.98 Å². The molecule has 12 heteroatoms. The quantitative estimate of drug-likeness (QED) is 0.349. The molecule has 1 aromatic rings. The molecule has 1 aromatic heterocycles. The van der Waals surface area contributed by atoms with E-state index in [9.17, 15) is 29.5 Å². The summed E-state index contributed by atoms with van der Waals surface area (Å²) < 4.78 is 6.27. The van der Waals surface area contributed by atoms with Crippen molar-refractivity contribution in [3.63, 3.8) is 0 Å². The number of nitrogens with zero attached hydrogens (tertiary/aromatic N) is 3. The van der Waals surface area contributed by atoms with Gasteiger partial charge in [0.25, 0.3) is 5.56 Å². The first-order valence-corrected chi connectivity index (χ1v) is 6.52. The molecule has 126 valence electrons. The minimum Gasteiger partial charge on any atom is -0.394 e. The van der Waals surface area contributed by atoms with Gasteiger partial charge in [0, 0.05) is 19.3 Å². The van der Waals surface area contributed by atoms with Crippen LogP contribution in [-0.2, 0) is 4.74 Å². The Hall–Kier alpha value is -2.57. The third-order valence-electron chi connectivity index (χ3n) is 3.39. The first kappa shape index (κ1) is 16.8. The minimum atomic E-state index is -1.42. The normalized spacial score (nSPS) is 26.7. The number of carbonyl (C=O) groups is 1. The molecular formula is C11H15N5O7. The van der Waals surface area contributed by atoms with Gasteiger partial charge in [-0.1, -0.05) is 0 Å². The number of nitrogens with one attached hydrogen (secondary N) is 2. The molecule has 2 rings (SSSR count). The van der Waals surface area contributed by atoms with Gasteiger partial charge in [0.1, 0.15) is 12.2 Å². The van der Waals surface area contributed by atoms with Gasteiger partial charge in [0.05, 0.1) is 17.9 Å². The highest BCUT2D eigenvalue weighted by atomic mass is 16.5. The van der Waals surface area contributed by atoms with Crippen LogP contribution < -0.4 is 16.6 Å². The fourth-order valence-corrected chi connectivity index (χ4v) is 2.21. The maximum Gasteiger partial charge on any atom is 0.340 e. The molecule has 1 saturated heterocycles. The van der Waals surface area contributed by atoms with Crippen LogP contribution in [0.3, 0.4) is 0 Å². The zero-order chi connectivity index (χ0) is 17.1. The van der Waals surface area contributed by atoms with Crippen LogP contribution in [-0.4, -0.2) is 62.7 Å². The number of aromatic nitrogens is 2. The van der Waals surface area contributed by atoms with Crippen LogP contribution >= 0.6 is 0 Å². The molecule has 2 amide bonds. The van der Waals surface area contributed by atoms with Crippen molar-refractivity contribution in [1.82, 2.24) is 19.9 Å². The number of carbonyl (C=O) groups excluding carboxylic acids is 1. The number of urea groups is 1. The lowest BCUT2D eigenvalue weighted by atomic mass is 10.1. The van der Waals surface area contributed by atoms with E-state index in [0.29, 0.717) is 5.01 Å². The van der Waals surface area contributed by atoms with E-state index in [0.717, 1.165) is 23.9 Å². The first-order chi connectivity index (χ1) is 10.9. The van der Waals surface area contributed by atoms with Gasteiger partial charge in [-0.2, -0.15) is 5.01 Å². The number of ether oxygens (including phenoxy) is 1. The summed E-state index contributed by atoms with van der Waals surface area (Å²) in [6.07, 6.45) is -2.57. The Labute approximate surface area is 128 Å². The Morgan fingerprint density at radius 2 is 2.26 bits per heavy atom. The Balaban J connectivity index is 2.25. The number of amides is 2. The second kappa shape index (κ2) is 6.68. The zero-order valence-corrected chi connectivity index (χ0v) is 11.9. The smallest absolute Gasteiger partial charge is 0.340 e. The van der Waals surface area contributed by atoms with Crippen molar-refractivity contribution in [2.75, 3.05) is 13.7 Å². The van der Waals surface area contributed by atoms with Crippen LogP contribution in [0, 0.1) is 4.91 Å². The summed E-state index contributed by atoms with van der Waals surface area (Å²) in [5, 5.41) is 24.7. The highest BCUT2D eigenvalue weighted by molar-refractivity contribution is 5.74. The van der Waals surface area contributed by atoms with Crippen molar-refractivity contribution in [2.24, 2.45) is 5.29 Å². The van der Waals surface area contributed by atoms with Crippen molar-refractivity contribution in [3.8, 4) is 0 Å². The Bertz CT molecular complexity index is 700. The van der Waals surface area contributed by atoms with Crippen LogP contribution in [0.15, 0.2) is 27.1 Å². The number of hydrogen-bond acceptors (Lipinski definition) is 8. The maximum atomic E-state index is 11.8. The van der Waals surface area contributed by atoms with E-state index in [1.54, 1.807) is 0 Å². The summed E-state index contributed by atoms with van der Waals surface area (Å²) in [5.74, 6) is 0. The number of hydrogen-bond donors (Lipinski definition) is 4. The molecule has 0 saturated carbocycles. The molecule has 0 spiro atoms. The van der Waals surface area contributed by atoms with Crippen molar-refractivity contribution >= 4 is 6.03 Å². The molecule has 2 heterocycles. The minimum absolute atomic E-state index is 0.459. The monoisotopic (exact) mass is 329 g/mol. The van der Waals surface area contributed by atoms with Crippen LogP contribution in [0.1, 0.15) is 6.23 Å². The van der Waals surface area contributed by atoms with E-state index in [1.165, 1.54) is 0 Å².